The minimum absolute atomic E-state index is 0.218. The van der Waals surface area contributed by atoms with Gasteiger partial charge in [-0.05, 0) is 39.3 Å². The van der Waals surface area contributed by atoms with Gasteiger partial charge in [0, 0.05) is 12.6 Å². The van der Waals surface area contributed by atoms with Crippen LogP contribution in [0.4, 0.5) is 0 Å². The van der Waals surface area contributed by atoms with Crippen LogP contribution in [-0.4, -0.2) is 69.6 Å². The highest BCUT2D eigenvalue weighted by Crippen LogP contribution is 2.34. The monoisotopic (exact) mass is 304 g/mol. The third-order valence-electron chi connectivity index (χ3n) is 4.65. The maximum atomic E-state index is 12.0. The Kier molecular flexibility index (Phi) is 4.71. The van der Waals surface area contributed by atoms with Gasteiger partial charge in [0.25, 0.3) is 0 Å². The van der Waals surface area contributed by atoms with Crippen LogP contribution >= 0.6 is 0 Å². The summed E-state index contributed by atoms with van der Waals surface area (Å²) in [5.41, 5.74) is -0.607. The number of likely N-dealkylation sites (N-methyl/N-ethyl adjacent to an activating group) is 1. The SMILES string of the molecule is CNC1(C(=O)OC)CCC(N2CCCS(=O)(=O)CC2)C1. The number of carbonyl (C=O) groups excluding carboxylic acids is 1. The Morgan fingerprint density at radius 3 is 2.75 bits per heavy atom. The molecule has 1 aliphatic heterocycles. The van der Waals surface area contributed by atoms with Crippen LogP contribution in [-0.2, 0) is 19.4 Å². The number of rotatable bonds is 3. The van der Waals surface area contributed by atoms with E-state index in [2.05, 4.69) is 10.2 Å². The molecule has 1 saturated heterocycles. The van der Waals surface area contributed by atoms with E-state index in [1.165, 1.54) is 7.11 Å². The quantitative estimate of drug-likeness (QED) is 0.727. The van der Waals surface area contributed by atoms with Gasteiger partial charge in [0.1, 0.15) is 5.54 Å². The van der Waals surface area contributed by atoms with Gasteiger partial charge in [0.15, 0.2) is 9.84 Å². The summed E-state index contributed by atoms with van der Waals surface area (Å²) < 4.78 is 28.2. The molecular weight excluding hydrogens is 280 g/mol. The highest BCUT2D eigenvalue weighted by Gasteiger charge is 2.46. The van der Waals surface area contributed by atoms with Crippen molar-refractivity contribution in [2.24, 2.45) is 0 Å². The Hall–Kier alpha value is -0.660. The molecule has 6 nitrogen and oxygen atoms in total. The lowest BCUT2D eigenvalue weighted by Crippen LogP contribution is -2.50. The molecule has 1 saturated carbocycles. The van der Waals surface area contributed by atoms with Crippen LogP contribution in [0.5, 0.6) is 0 Å². The minimum atomic E-state index is -2.89. The standard InChI is InChI=1S/C13H24N2O4S/c1-14-13(12(16)19-2)5-4-11(10-13)15-6-3-8-20(17,18)9-7-15/h11,14H,3-10H2,1-2H3. The molecular formula is C13H24N2O4S. The number of hydrogen-bond acceptors (Lipinski definition) is 6. The lowest BCUT2D eigenvalue weighted by Gasteiger charge is -2.30. The Bertz CT molecular complexity index is 465. The van der Waals surface area contributed by atoms with Crippen molar-refractivity contribution in [3.05, 3.63) is 0 Å². The highest BCUT2D eigenvalue weighted by molar-refractivity contribution is 7.91. The maximum Gasteiger partial charge on any atom is 0.326 e. The first-order chi connectivity index (χ1) is 9.42. The van der Waals surface area contributed by atoms with Crippen LogP contribution in [0.3, 0.4) is 0 Å². The average molecular weight is 304 g/mol. The van der Waals surface area contributed by atoms with E-state index >= 15 is 0 Å². The first kappa shape index (κ1) is 15.7. The average Bonchev–Trinajstić information content (AvgIpc) is 2.79. The molecule has 0 radical (unpaired) electrons. The first-order valence-electron chi connectivity index (χ1n) is 7.14. The summed E-state index contributed by atoms with van der Waals surface area (Å²) in [4.78, 5) is 14.2. The van der Waals surface area contributed by atoms with E-state index in [9.17, 15) is 13.2 Å². The number of ether oxygens (including phenoxy) is 1. The number of methoxy groups -OCH3 is 1. The Morgan fingerprint density at radius 1 is 1.35 bits per heavy atom. The molecule has 1 heterocycles. The van der Waals surface area contributed by atoms with E-state index in [1.807, 2.05) is 0 Å². The van der Waals surface area contributed by atoms with Gasteiger partial charge in [-0.3, -0.25) is 9.69 Å². The summed E-state index contributed by atoms with van der Waals surface area (Å²) in [5.74, 6) is 0.295. The van der Waals surface area contributed by atoms with Crippen molar-refractivity contribution in [2.45, 2.75) is 37.3 Å². The van der Waals surface area contributed by atoms with Crippen molar-refractivity contribution in [1.29, 1.82) is 0 Å². The van der Waals surface area contributed by atoms with E-state index in [1.54, 1.807) is 7.05 Å². The van der Waals surface area contributed by atoms with Crippen LogP contribution in [0.25, 0.3) is 0 Å². The van der Waals surface area contributed by atoms with Gasteiger partial charge in [0.05, 0.1) is 18.6 Å². The van der Waals surface area contributed by atoms with Crippen LogP contribution in [0, 0.1) is 0 Å². The number of nitrogens with one attached hydrogen (secondary N) is 1. The lowest BCUT2D eigenvalue weighted by molar-refractivity contribution is -0.148. The summed E-state index contributed by atoms with van der Waals surface area (Å²) in [5, 5.41) is 3.11. The molecule has 20 heavy (non-hydrogen) atoms. The zero-order valence-electron chi connectivity index (χ0n) is 12.2. The predicted octanol–water partition coefficient (Wildman–Crippen LogP) is -0.209. The molecule has 1 N–H and O–H groups in total. The van der Waals surface area contributed by atoms with Crippen molar-refractivity contribution >= 4 is 15.8 Å². The molecule has 0 aromatic rings. The minimum Gasteiger partial charge on any atom is -0.468 e. The molecule has 0 bridgehead atoms. The molecule has 7 heteroatoms. The summed E-state index contributed by atoms with van der Waals surface area (Å²) in [6.07, 6.45) is 3.01. The molecule has 2 atom stereocenters. The number of carbonyl (C=O) groups is 1. The molecule has 0 amide bonds. The van der Waals surface area contributed by atoms with Crippen LogP contribution in [0.1, 0.15) is 25.7 Å². The zero-order valence-corrected chi connectivity index (χ0v) is 13.0. The fourth-order valence-corrected chi connectivity index (χ4v) is 4.65. The van der Waals surface area contributed by atoms with Gasteiger partial charge in [0.2, 0.25) is 0 Å². The normalized spacial score (nSPS) is 34.6. The molecule has 0 aromatic heterocycles. The van der Waals surface area contributed by atoms with Crippen molar-refractivity contribution < 1.29 is 17.9 Å². The van der Waals surface area contributed by atoms with E-state index in [0.29, 0.717) is 19.4 Å². The Labute approximate surface area is 120 Å². The van der Waals surface area contributed by atoms with Crippen molar-refractivity contribution in [3.63, 3.8) is 0 Å². The number of hydrogen-bond donors (Lipinski definition) is 1. The van der Waals surface area contributed by atoms with Gasteiger partial charge in [-0.2, -0.15) is 0 Å². The molecule has 116 valence electrons. The zero-order chi connectivity index (χ0) is 14.8. The largest absolute Gasteiger partial charge is 0.468 e. The van der Waals surface area contributed by atoms with E-state index in [4.69, 9.17) is 4.74 Å². The first-order valence-corrected chi connectivity index (χ1v) is 8.96. The van der Waals surface area contributed by atoms with Crippen molar-refractivity contribution in [3.8, 4) is 0 Å². The van der Waals surface area contributed by atoms with Gasteiger partial charge in [-0.15, -0.1) is 0 Å². The summed E-state index contributed by atoms with van der Waals surface area (Å²) in [6, 6.07) is 0.259. The number of sulfone groups is 1. The lowest BCUT2D eigenvalue weighted by atomic mass is 9.97. The van der Waals surface area contributed by atoms with Gasteiger partial charge >= 0.3 is 5.97 Å². The third kappa shape index (κ3) is 3.15. The van der Waals surface area contributed by atoms with E-state index in [-0.39, 0.29) is 23.5 Å². The molecule has 1 aliphatic carbocycles. The Balaban J connectivity index is 2.03. The second-order valence-electron chi connectivity index (χ2n) is 5.76. The third-order valence-corrected chi connectivity index (χ3v) is 6.36. The highest BCUT2D eigenvalue weighted by atomic mass is 32.2. The van der Waals surface area contributed by atoms with E-state index < -0.39 is 15.4 Å². The van der Waals surface area contributed by atoms with Crippen LogP contribution < -0.4 is 5.32 Å². The van der Waals surface area contributed by atoms with Gasteiger partial charge in [-0.25, -0.2) is 8.42 Å². The molecule has 0 aromatic carbocycles. The predicted molar refractivity (Wildman–Crippen MR) is 76.3 cm³/mol. The van der Waals surface area contributed by atoms with Gasteiger partial charge in [-0.1, -0.05) is 0 Å². The number of esters is 1. The maximum absolute atomic E-state index is 12.0. The molecule has 2 rings (SSSR count). The van der Waals surface area contributed by atoms with Crippen LogP contribution in [0.15, 0.2) is 0 Å². The summed E-state index contributed by atoms with van der Waals surface area (Å²) in [7, 11) is 0.308. The second kappa shape index (κ2) is 5.99. The van der Waals surface area contributed by atoms with E-state index in [0.717, 1.165) is 19.4 Å². The summed E-state index contributed by atoms with van der Waals surface area (Å²) >= 11 is 0. The smallest absolute Gasteiger partial charge is 0.326 e. The molecule has 2 unspecified atom stereocenters. The second-order valence-corrected chi connectivity index (χ2v) is 8.07. The Morgan fingerprint density at radius 2 is 2.10 bits per heavy atom. The topological polar surface area (TPSA) is 75.7 Å². The van der Waals surface area contributed by atoms with Crippen molar-refractivity contribution in [1.82, 2.24) is 10.2 Å². The van der Waals surface area contributed by atoms with Gasteiger partial charge < -0.3 is 10.1 Å². The fraction of sp³-hybridized carbons (Fsp3) is 0.923. The molecule has 0 spiro atoms. The number of nitrogens with zero attached hydrogens (tertiary/aromatic N) is 1. The van der Waals surface area contributed by atoms with Crippen LogP contribution in [0.2, 0.25) is 0 Å². The van der Waals surface area contributed by atoms with Crippen molar-refractivity contribution in [2.75, 3.05) is 38.8 Å². The fourth-order valence-electron chi connectivity index (χ4n) is 3.36. The summed E-state index contributed by atoms with van der Waals surface area (Å²) in [6.45, 7) is 1.37. The molecule has 2 fully saturated rings. The molecule has 2 aliphatic rings.